The summed E-state index contributed by atoms with van der Waals surface area (Å²) >= 11 is 0. The quantitative estimate of drug-likeness (QED) is 0.300. The van der Waals surface area contributed by atoms with Gasteiger partial charge in [-0.05, 0) is 74.1 Å². The van der Waals surface area contributed by atoms with E-state index in [4.69, 9.17) is 4.74 Å². The van der Waals surface area contributed by atoms with Crippen LogP contribution in [0.2, 0.25) is 0 Å². The van der Waals surface area contributed by atoms with Gasteiger partial charge < -0.3 is 9.84 Å². The number of aromatic hydroxyl groups is 1. The number of rotatable bonds is 9. The van der Waals surface area contributed by atoms with Crippen molar-refractivity contribution in [2.45, 2.75) is 55.2 Å². The van der Waals surface area contributed by atoms with Crippen molar-refractivity contribution >= 4 is 9.84 Å². The Morgan fingerprint density at radius 1 is 1.10 bits per heavy atom. The Morgan fingerprint density at radius 2 is 1.83 bits per heavy atom. The first-order valence-electron chi connectivity index (χ1n) is 13.3. The van der Waals surface area contributed by atoms with E-state index in [2.05, 4.69) is 22.1 Å². The largest absolute Gasteiger partial charge is 0.492 e. The number of nitrogens with zero attached hydrogens (tertiary/aromatic N) is 5. The average molecular weight is 582 g/mol. The molecule has 1 fully saturated rings. The summed E-state index contributed by atoms with van der Waals surface area (Å²) in [7, 11) is -4.54. The third kappa shape index (κ3) is 5.53. The maximum atomic E-state index is 14.2. The predicted octanol–water partition coefficient (Wildman–Crippen LogP) is 4.51. The van der Waals surface area contributed by atoms with Gasteiger partial charge in [0.2, 0.25) is 15.7 Å². The van der Waals surface area contributed by atoms with E-state index in [1.807, 2.05) is 13.8 Å². The molecule has 11 heteroatoms. The number of aromatic nitrogens is 3. The fourth-order valence-electron chi connectivity index (χ4n) is 4.90. The molecule has 0 unspecified atom stereocenters. The summed E-state index contributed by atoms with van der Waals surface area (Å²) in [6.45, 7) is 3.48. The smallest absolute Gasteiger partial charge is 0.277 e. The van der Waals surface area contributed by atoms with E-state index in [1.54, 1.807) is 30.3 Å². The van der Waals surface area contributed by atoms with Crippen LogP contribution in [0.25, 0.3) is 11.1 Å². The van der Waals surface area contributed by atoms with Crippen molar-refractivity contribution in [3.05, 3.63) is 99.9 Å². The molecule has 1 atom stereocenters. The first-order chi connectivity index (χ1) is 20.1. The predicted molar refractivity (Wildman–Crippen MR) is 152 cm³/mol. The van der Waals surface area contributed by atoms with Crippen LogP contribution >= 0.6 is 0 Å². The number of sulfone groups is 1. The molecule has 2 aromatic heterocycles. The number of hydrogen-bond donors (Lipinski definition) is 1. The molecule has 0 saturated heterocycles. The second kappa shape index (κ2) is 11.6. The minimum Gasteiger partial charge on any atom is -0.492 e. The summed E-state index contributed by atoms with van der Waals surface area (Å²) in [5.41, 5.74) is 1.60. The van der Waals surface area contributed by atoms with Crippen molar-refractivity contribution in [1.29, 1.82) is 10.5 Å². The Bertz CT molecular complexity index is 1900. The van der Waals surface area contributed by atoms with Gasteiger partial charge in [0.05, 0.1) is 40.3 Å². The van der Waals surface area contributed by atoms with E-state index in [9.17, 15) is 28.8 Å². The van der Waals surface area contributed by atoms with E-state index in [0.717, 1.165) is 12.8 Å². The Balaban J connectivity index is 1.66. The van der Waals surface area contributed by atoms with Crippen molar-refractivity contribution in [2.75, 3.05) is 0 Å². The Hall–Kier alpha value is -4.84. The SMILES string of the molecule is CC(C)OCc1nc(O)c(S(=O)(=O)c2ccc(-c3cnccc3C#N)cc2)c(=O)n1[C@H](c1cccc(C#N)c1)C1CC1. The first-order valence-corrected chi connectivity index (χ1v) is 14.8. The van der Waals surface area contributed by atoms with Gasteiger partial charge in [-0.25, -0.2) is 8.42 Å². The lowest BCUT2D eigenvalue weighted by molar-refractivity contribution is 0.0571. The third-order valence-electron chi connectivity index (χ3n) is 7.06. The van der Waals surface area contributed by atoms with Gasteiger partial charge in [-0.1, -0.05) is 24.3 Å². The molecule has 1 aliphatic rings. The summed E-state index contributed by atoms with van der Waals surface area (Å²) in [5, 5.41) is 29.8. The molecule has 0 radical (unpaired) electrons. The summed E-state index contributed by atoms with van der Waals surface area (Å²) in [4.78, 5) is 21.3. The van der Waals surface area contributed by atoms with Crippen LogP contribution in [0.15, 0.2) is 81.6 Å². The maximum absolute atomic E-state index is 14.2. The van der Waals surface area contributed by atoms with Crippen molar-refractivity contribution in [3.63, 3.8) is 0 Å². The molecule has 10 nitrogen and oxygen atoms in total. The number of ether oxygens (including phenoxy) is 1. The lowest BCUT2D eigenvalue weighted by atomic mass is 9.99. The molecule has 2 aromatic carbocycles. The molecule has 2 heterocycles. The van der Waals surface area contributed by atoms with Crippen molar-refractivity contribution in [1.82, 2.24) is 14.5 Å². The van der Waals surface area contributed by atoms with E-state index < -0.39 is 32.2 Å². The molecular formula is C31H27N5O5S. The van der Waals surface area contributed by atoms with Crippen LogP contribution < -0.4 is 5.56 Å². The van der Waals surface area contributed by atoms with E-state index in [0.29, 0.717) is 27.8 Å². The number of hydrogen-bond acceptors (Lipinski definition) is 9. The number of pyridine rings is 1. The lowest BCUT2D eigenvalue weighted by Gasteiger charge is -2.25. The van der Waals surface area contributed by atoms with Gasteiger partial charge in [0.25, 0.3) is 5.56 Å². The van der Waals surface area contributed by atoms with Crippen molar-refractivity contribution < 1.29 is 18.3 Å². The van der Waals surface area contributed by atoms with Gasteiger partial charge >= 0.3 is 0 Å². The van der Waals surface area contributed by atoms with Crippen LogP contribution in [-0.2, 0) is 21.2 Å². The summed E-state index contributed by atoms with van der Waals surface area (Å²) in [6.07, 6.45) is 4.36. The van der Waals surface area contributed by atoms with Crippen LogP contribution in [-0.4, -0.2) is 34.2 Å². The second-order valence-corrected chi connectivity index (χ2v) is 12.2. The van der Waals surface area contributed by atoms with E-state index in [-0.39, 0.29) is 29.3 Å². The van der Waals surface area contributed by atoms with Gasteiger partial charge in [0.1, 0.15) is 12.4 Å². The van der Waals surface area contributed by atoms with Gasteiger partial charge in [-0.15, -0.1) is 0 Å². The van der Waals surface area contributed by atoms with Gasteiger partial charge in [0, 0.05) is 18.0 Å². The maximum Gasteiger partial charge on any atom is 0.277 e. The van der Waals surface area contributed by atoms with Crippen LogP contribution in [0.3, 0.4) is 0 Å². The van der Waals surface area contributed by atoms with Gasteiger partial charge in [-0.3, -0.25) is 14.3 Å². The summed E-state index contributed by atoms with van der Waals surface area (Å²) in [5.74, 6) is -0.827. The molecule has 0 amide bonds. The third-order valence-corrected chi connectivity index (χ3v) is 8.85. The zero-order chi connectivity index (χ0) is 30.0. The molecule has 42 heavy (non-hydrogen) atoms. The summed E-state index contributed by atoms with van der Waals surface area (Å²) in [6, 6.07) is 17.6. The highest BCUT2D eigenvalue weighted by atomic mass is 32.2. The zero-order valence-corrected chi connectivity index (χ0v) is 23.7. The molecule has 5 rings (SSSR count). The van der Waals surface area contributed by atoms with Crippen LogP contribution in [0.5, 0.6) is 5.88 Å². The minimum absolute atomic E-state index is 0.00411. The molecule has 212 valence electrons. The van der Waals surface area contributed by atoms with Crippen molar-refractivity contribution in [3.8, 4) is 29.1 Å². The molecule has 0 spiro atoms. The minimum atomic E-state index is -4.54. The van der Waals surface area contributed by atoms with Gasteiger partial charge in [0.15, 0.2) is 4.90 Å². The average Bonchev–Trinajstić information content (AvgIpc) is 3.83. The Morgan fingerprint density at radius 3 is 2.48 bits per heavy atom. The Kier molecular flexibility index (Phi) is 7.90. The molecule has 0 aliphatic heterocycles. The molecular weight excluding hydrogens is 554 g/mol. The fraction of sp³-hybridized carbons (Fsp3) is 0.258. The first kappa shape index (κ1) is 28.7. The van der Waals surface area contributed by atoms with Crippen LogP contribution in [0.4, 0.5) is 0 Å². The highest BCUT2D eigenvalue weighted by Crippen LogP contribution is 2.44. The monoisotopic (exact) mass is 581 g/mol. The fourth-order valence-corrected chi connectivity index (χ4v) is 6.25. The van der Waals surface area contributed by atoms with Crippen LogP contribution in [0, 0.1) is 28.6 Å². The highest BCUT2D eigenvalue weighted by Gasteiger charge is 2.39. The molecule has 1 saturated carbocycles. The van der Waals surface area contributed by atoms with Crippen LogP contribution in [0.1, 0.15) is 55.2 Å². The van der Waals surface area contributed by atoms with E-state index >= 15 is 0 Å². The normalized spacial score (nSPS) is 13.8. The van der Waals surface area contributed by atoms with E-state index in [1.165, 1.54) is 41.2 Å². The molecule has 1 N–H and O–H groups in total. The second-order valence-electron chi connectivity index (χ2n) is 10.3. The molecule has 1 aliphatic carbocycles. The van der Waals surface area contributed by atoms with Gasteiger partial charge in [-0.2, -0.15) is 15.5 Å². The molecule has 4 aromatic rings. The zero-order valence-electron chi connectivity index (χ0n) is 22.9. The lowest BCUT2D eigenvalue weighted by Crippen LogP contribution is -2.35. The summed E-state index contributed by atoms with van der Waals surface area (Å²) < 4.78 is 34.8. The number of benzene rings is 2. The topological polar surface area (TPSA) is 159 Å². The standard InChI is InChI=1S/C31H27N5O5S/c1-19(2)41-18-27-35-30(37)29(31(38)36(27)28(22-6-7-22)23-5-3-4-20(14-23)15-32)42(39,40)25-10-8-21(9-11-25)26-17-34-13-12-24(26)16-33/h3-5,8-14,17,19,22,28,37H,6-7,18H2,1-2H3/t28-/m0/s1. The Labute approximate surface area is 243 Å². The highest BCUT2D eigenvalue weighted by molar-refractivity contribution is 7.91. The molecule has 0 bridgehead atoms. The number of nitriles is 2. The van der Waals surface area contributed by atoms with Crippen molar-refractivity contribution in [2.24, 2.45) is 5.92 Å².